The van der Waals surface area contributed by atoms with Crippen molar-refractivity contribution in [1.29, 1.82) is 0 Å². The minimum absolute atomic E-state index is 0.476. The zero-order chi connectivity index (χ0) is 14.7. The van der Waals surface area contributed by atoms with Crippen molar-refractivity contribution in [1.82, 2.24) is 9.97 Å². The molecule has 3 aromatic rings. The maximum absolute atomic E-state index is 5.72. The minimum Gasteiger partial charge on any atom is -0.494 e. The van der Waals surface area contributed by atoms with Crippen molar-refractivity contribution in [2.24, 2.45) is 5.73 Å². The predicted molar refractivity (Wildman–Crippen MR) is 84.0 cm³/mol. The van der Waals surface area contributed by atoms with Gasteiger partial charge in [0.2, 0.25) is 0 Å². The molecule has 3 rings (SSSR count). The number of nitrogens with zero attached hydrogens (tertiary/aromatic N) is 2. The van der Waals surface area contributed by atoms with Crippen molar-refractivity contribution in [2.75, 3.05) is 6.61 Å². The summed E-state index contributed by atoms with van der Waals surface area (Å²) in [6.07, 6.45) is 5.42. The number of nitrogens with two attached hydrogens (primary N) is 1. The second kappa shape index (κ2) is 5.89. The Balaban J connectivity index is 2.17. The standard InChI is InChI=1S/C17H17N3O/c1-2-21-14-5-3-4-13(7-14)16-10-19-11-17-15(16)6-12(8-18)9-20-17/h3-7,9-11H,2,8,18H2,1H3. The third-order valence-corrected chi connectivity index (χ3v) is 3.36. The van der Waals surface area contributed by atoms with Crippen LogP contribution in [0.4, 0.5) is 0 Å². The van der Waals surface area contributed by atoms with Gasteiger partial charge in [-0.3, -0.25) is 9.97 Å². The van der Waals surface area contributed by atoms with E-state index in [2.05, 4.69) is 16.0 Å². The highest BCUT2D eigenvalue weighted by atomic mass is 16.5. The Labute approximate surface area is 123 Å². The molecule has 2 aromatic heterocycles. The largest absolute Gasteiger partial charge is 0.494 e. The SMILES string of the molecule is CCOc1cccc(-c2cncc3ncc(CN)cc23)c1. The average Bonchev–Trinajstić information content (AvgIpc) is 2.54. The molecule has 0 aliphatic heterocycles. The summed E-state index contributed by atoms with van der Waals surface area (Å²) in [4.78, 5) is 8.71. The Kier molecular flexibility index (Phi) is 3.79. The number of rotatable bonds is 4. The maximum Gasteiger partial charge on any atom is 0.119 e. The van der Waals surface area contributed by atoms with Crippen LogP contribution in [0.15, 0.2) is 48.9 Å². The first-order valence-corrected chi connectivity index (χ1v) is 6.97. The van der Waals surface area contributed by atoms with E-state index in [1.54, 1.807) is 12.4 Å². The quantitative estimate of drug-likeness (QED) is 0.797. The molecule has 0 atom stereocenters. The fourth-order valence-electron chi connectivity index (χ4n) is 2.35. The summed E-state index contributed by atoms with van der Waals surface area (Å²) in [7, 11) is 0. The van der Waals surface area contributed by atoms with Crippen LogP contribution in [-0.4, -0.2) is 16.6 Å². The molecule has 0 unspecified atom stereocenters. The first kappa shape index (κ1) is 13.5. The molecule has 106 valence electrons. The van der Waals surface area contributed by atoms with Crippen LogP contribution in [0.1, 0.15) is 12.5 Å². The average molecular weight is 279 g/mol. The Morgan fingerprint density at radius 2 is 2.05 bits per heavy atom. The van der Waals surface area contributed by atoms with Crippen molar-refractivity contribution in [2.45, 2.75) is 13.5 Å². The van der Waals surface area contributed by atoms with Crippen LogP contribution < -0.4 is 10.5 Å². The molecule has 4 nitrogen and oxygen atoms in total. The molecule has 21 heavy (non-hydrogen) atoms. The summed E-state index contributed by atoms with van der Waals surface area (Å²) >= 11 is 0. The van der Waals surface area contributed by atoms with Crippen LogP contribution >= 0.6 is 0 Å². The van der Waals surface area contributed by atoms with Gasteiger partial charge in [-0.1, -0.05) is 12.1 Å². The van der Waals surface area contributed by atoms with Crippen molar-refractivity contribution in [3.63, 3.8) is 0 Å². The third-order valence-electron chi connectivity index (χ3n) is 3.36. The van der Waals surface area contributed by atoms with E-state index in [0.717, 1.165) is 33.3 Å². The predicted octanol–water partition coefficient (Wildman–Crippen LogP) is 3.15. The lowest BCUT2D eigenvalue weighted by Crippen LogP contribution is -1.98. The third kappa shape index (κ3) is 2.71. The zero-order valence-corrected chi connectivity index (χ0v) is 11.9. The molecule has 1 aromatic carbocycles. The van der Waals surface area contributed by atoms with E-state index in [-0.39, 0.29) is 0 Å². The number of fused-ring (bicyclic) bond motifs is 1. The Morgan fingerprint density at radius 3 is 2.86 bits per heavy atom. The summed E-state index contributed by atoms with van der Waals surface area (Å²) in [5, 5.41) is 1.06. The molecule has 0 fully saturated rings. The van der Waals surface area contributed by atoms with Gasteiger partial charge in [-0.15, -0.1) is 0 Å². The molecule has 0 bridgehead atoms. The van der Waals surface area contributed by atoms with Crippen LogP contribution in [0.3, 0.4) is 0 Å². The van der Waals surface area contributed by atoms with Gasteiger partial charge in [0.15, 0.2) is 0 Å². The molecular weight excluding hydrogens is 262 g/mol. The van der Waals surface area contributed by atoms with Gasteiger partial charge in [-0.25, -0.2) is 0 Å². The molecule has 0 aliphatic rings. The topological polar surface area (TPSA) is 61.0 Å². The van der Waals surface area contributed by atoms with Gasteiger partial charge in [-0.2, -0.15) is 0 Å². The molecule has 0 saturated heterocycles. The van der Waals surface area contributed by atoms with Gasteiger partial charge in [0.05, 0.1) is 18.3 Å². The lowest BCUT2D eigenvalue weighted by atomic mass is 10.0. The summed E-state index contributed by atoms with van der Waals surface area (Å²) < 4.78 is 5.57. The lowest BCUT2D eigenvalue weighted by molar-refractivity contribution is 0.340. The highest BCUT2D eigenvalue weighted by Gasteiger charge is 2.07. The molecule has 2 N–H and O–H groups in total. The van der Waals surface area contributed by atoms with Gasteiger partial charge < -0.3 is 10.5 Å². The first-order chi connectivity index (χ1) is 10.3. The molecule has 0 spiro atoms. The fourth-order valence-corrected chi connectivity index (χ4v) is 2.35. The molecule has 2 heterocycles. The normalized spacial score (nSPS) is 10.8. The van der Waals surface area contributed by atoms with E-state index in [1.807, 2.05) is 37.4 Å². The van der Waals surface area contributed by atoms with E-state index in [9.17, 15) is 0 Å². The summed E-state index contributed by atoms with van der Waals surface area (Å²) in [6, 6.07) is 10.1. The first-order valence-electron chi connectivity index (χ1n) is 6.97. The van der Waals surface area contributed by atoms with Crippen molar-refractivity contribution in [3.05, 3.63) is 54.5 Å². The van der Waals surface area contributed by atoms with Crippen molar-refractivity contribution in [3.8, 4) is 16.9 Å². The van der Waals surface area contributed by atoms with Gasteiger partial charge in [-0.05, 0) is 36.2 Å². The Bertz CT molecular complexity index is 771. The molecule has 0 saturated carbocycles. The number of hydrogen-bond donors (Lipinski definition) is 1. The van der Waals surface area contributed by atoms with E-state index >= 15 is 0 Å². The highest BCUT2D eigenvalue weighted by Crippen LogP contribution is 2.29. The van der Waals surface area contributed by atoms with Crippen LogP contribution in [0.5, 0.6) is 5.75 Å². The molecule has 0 amide bonds. The van der Waals surface area contributed by atoms with Crippen LogP contribution in [0.25, 0.3) is 22.0 Å². The van der Waals surface area contributed by atoms with E-state index in [1.165, 1.54) is 0 Å². The molecule has 0 aliphatic carbocycles. The highest BCUT2D eigenvalue weighted by molar-refractivity contribution is 5.94. The number of pyridine rings is 2. The lowest BCUT2D eigenvalue weighted by Gasteiger charge is -2.09. The van der Waals surface area contributed by atoms with Crippen LogP contribution in [0.2, 0.25) is 0 Å². The molecule has 4 heteroatoms. The molecule has 0 radical (unpaired) electrons. The summed E-state index contributed by atoms with van der Waals surface area (Å²) in [5.41, 5.74) is 9.70. The second-order valence-corrected chi connectivity index (χ2v) is 4.76. The van der Waals surface area contributed by atoms with Gasteiger partial charge in [0, 0.05) is 29.9 Å². The maximum atomic E-state index is 5.72. The second-order valence-electron chi connectivity index (χ2n) is 4.76. The minimum atomic E-state index is 0.476. The van der Waals surface area contributed by atoms with Gasteiger partial charge in [0.25, 0.3) is 0 Å². The number of ether oxygens (including phenoxy) is 1. The van der Waals surface area contributed by atoms with E-state index in [0.29, 0.717) is 13.2 Å². The fraction of sp³-hybridized carbons (Fsp3) is 0.176. The number of aromatic nitrogens is 2. The molecular formula is C17H17N3O. The van der Waals surface area contributed by atoms with Gasteiger partial charge in [0.1, 0.15) is 5.75 Å². The Hall–Kier alpha value is -2.46. The summed E-state index contributed by atoms with van der Waals surface area (Å²) in [5.74, 6) is 0.856. The Morgan fingerprint density at radius 1 is 1.14 bits per heavy atom. The van der Waals surface area contributed by atoms with E-state index in [4.69, 9.17) is 10.5 Å². The van der Waals surface area contributed by atoms with Gasteiger partial charge >= 0.3 is 0 Å². The monoisotopic (exact) mass is 279 g/mol. The number of benzene rings is 1. The van der Waals surface area contributed by atoms with E-state index < -0.39 is 0 Å². The van der Waals surface area contributed by atoms with Crippen LogP contribution in [-0.2, 0) is 6.54 Å². The summed E-state index contributed by atoms with van der Waals surface area (Å²) in [6.45, 7) is 3.10. The number of hydrogen-bond acceptors (Lipinski definition) is 4. The smallest absolute Gasteiger partial charge is 0.119 e. The van der Waals surface area contributed by atoms with Crippen molar-refractivity contribution >= 4 is 10.9 Å². The zero-order valence-electron chi connectivity index (χ0n) is 11.9. The van der Waals surface area contributed by atoms with Crippen molar-refractivity contribution < 1.29 is 4.74 Å². The van der Waals surface area contributed by atoms with Crippen LogP contribution in [0, 0.1) is 0 Å².